The molecule has 6 N–H and O–H groups in total. The Kier molecular flexibility index (Phi) is 11.1. The van der Waals surface area contributed by atoms with Gasteiger partial charge in [-0.25, -0.2) is 4.79 Å². The predicted octanol–water partition coefficient (Wildman–Crippen LogP) is 5.76. The summed E-state index contributed by atoms with van der Waals surface area (Å²) in [4.78, 5) is 27.6. The molecule has 3 aromatic carbocycles. The number of carbonyl (C=O) groups excluding carboxylic acids is 2. The highest BCUT2D eigenvalue weighted by atomic mass is 35.5. The predicted molar refractivity (Wildman–Crippen MR) is 175 cm³/mol. The molecule has 1 aliphatic rings. The van der Waals surface area contributed by atoms with Gasteiger partial charge in [-0.2, -0.15) is 0 Å². The van der Waals surface area contributed by atoms with Crippen LogP contribution in [0.2, 0.25) is 5.02 Å². The highest BCUT2D eigenvalue weighted by Gasteiger charge is 2.52. The Balaban J connectivity index is 1.73. The Morgan fingerprint density at radius 2 is 1.84 bits per heavy atom. The van der Waals surface area contributed by atoms with Gasteiger partial charge in [0.1, 0.15) is 5.60 Å². The van der Waals surface area contributed by atoms with E-state index in [2.05, 4.69) is 24.4 Å². The average molecular weight is 621 g/mol. The van der Waals surface area contributed by atoms with Gasteiger partial charge in [-0.15, -0.1) is 0 Å². The van der Waals surface area contributed by atoms with Crippen LogP contribution in [0.5, 0.6) is 0 Å². The summed E-state index contributed by atoms with van der Waals surface area (Å²) in [7, 11) is 0. The Morgan fingerprint density at radius 3 is 2.52 bits per heavy atom. The van der Waals surface area contributed by atoms with E-state index in [-0.39, 0.29) is 31.5 Å². The first-order valence-corrected chi connectivity index (χ1v) is 15.8. The van der Waals surface area contributed by atoms with Crippen molar-refractivity contribution in [1.82, 2.24) is 10.2 Å². The van der Waals surface area contributed by atoms with E-state index >= 15 is 0 Å². The monoisotopic (exact) mass is 620 g/mol. The van der Waals surface area contributed by atoms with Crippen LogP contribution in [0.15, 0.2) is 66.7 Å². The largest absolute Gasteiger partial charge is 0.447 e. The molecule has 1 fully saturated rings. The fourth-order valence-corrected chi connectivity index (χ4v) is 6.40. The molecule has 0 saturated carbocycles. The summed E-state index contributed by atoms with van der Waals surface area (Å²) < 4.78 is 5.21. The second kappa shape index (κ2) is 14.6. The van der Waals surface area contributed by atoms with Crippen molar-refractivity contribution in [1.29, 1.82) is 0 Å². The van der Waals surface area contributed by atoms with E-state index in [1.807, 2.05) is 42.5 Å². The second-order valence-electron chi connectivity index (χ2n) is 11.9. The molecule has 2 unspecified atom stereocenters. The van der Waals surface area contributed by atoms with E-state index in [9.17, 15) is 14.7 Å². The molecule has 236 valence electrons. The highest BCUT2D eigenvalue weighted by Crippen LogP contribution is 2.46. The second-order valence-corrected chi connectivity index (χ2v) is 12.4. The number of piperidine rings is 1. The maximum absolute atomic E-state index is 13.7. The fraction of sp³-hybridized carbons (Fsp3) is 0.429. The number of hydrogen-bond donors (Lipinski definition) is 4. The maximum Gasteiger partial charge on any atom is 0.407 e. The van der Waals surface area contributed by atoms with Crippen LogP contribution in [0.4, 0.5) is 4.79 Å². The molecule has 1 heterocycles. The zero-order valence-electron chi connectivity index (χ0n) is 25.9. The molecule has 2 atom stereocenters. The van der Waals surface area contributed by atoms with Gasteiger partial charge in [0.25, 0.3) is 5.91 Å². The van der Waals surface area contributed by atoms with Gasteiger partial charge in [-0.3, -0.25) is 4.79 Å². The molecule has 4 rings (SSSR count). The highest BCUT2D eigenvalue weighted by molar-refractivity contribution is 6.33. The third-order valence-corrected chi connectivity index (χ3v) is 8.80. The molecule has 3 aromatic rings. The minimum absolute atomic E-state index is 0.144. The number of ether oxygens (including phenoxy) is 1. The molecule has 0 aliphatic carbocycles. The lowest BCUT2D eigenvalue weighted by Gasteiger charge is -2.51. The van der Waals surface area contributed by atoms with Crippen molar-refractivity contribution in [3.63, 3.8) is 0 Å². The summed E-state index contributed by atoms with van der Waals surface area (Å²) in [6, 6.07) is 20.9. The lowest BCUT2D eigenvalue weighted by Crippen LogP contribution is -2.67. The van der Waals surface area contributed by atoms with Gasteiger partial charge in [-0.05, 0) is 86.4 Å². The first-order chi connectivity index (χ1) is 21.0. The van der Waals surface area contributed by atoms with Crippen molar-refractivity contribution >= 4 is 23.6 Å². The van der Waals surface area contributed by atoms with Gasteiger partial charge >= 0.3 is 6.09 Å². The number of likely N-dealkylation sites (tertiary alicyclic amines) is 1. The van der Waals surface area contributed by atoms with E-state index in [0.29, 0.717) is 54.1 Å². The van der Waals surface area contributed by atoms with Crippen molar-refractivity contribution in [3.05, 3.63) is 94.0 Å². The number of aliphatic hydroxyl groups is 1. The van der Waals surface area contributed by atoms with Crippen LogP contribution in [0.1, 0.15) is 73.5 Å². The van der Waals surface area contributed by atoms with Gasteiger partial charge in [0.05, 0.1) is 11.6 Å². The van der Waals surface area contributed by atoms with Gasteiger partial charge < -0.3 is 31.5 Å². The number of halogens is 1. The van der Waals surface area contributed by atoms with Gasteiger partial charge in [0, 0.05) is 42.3 Å². The molecule has 0 radical (unpaired) electrons. The average Bonchev–Trinajstić information content (AvgIpc) is 3.02. The Morgan fingerprint density at radius 1 is 1.11 bits per heavy atom. The quantitative estimate of drug-likeness (QED) is 0.202. The Labute approximate surface area is 265 Å². The topological polar surface area (TPSA) is 131 Å². The number of nitrogens with one attached hydrogen (secondary N) is 1. The third-order valence-electron chi connectivity index (χ3n) is 8.48. The van der Waals surface area contributed by atoms with Crippen LogP contribution in [0.3, 0.4) is 0 Å². The summed E-state index contributed by atoms with van der Waals surface area (Å²) in [5, 5.41) is 16.2. The fourth-order valence-electron chi connectivity index (χ4n) is 6.11. The van der Waals surface area contributed by atoms with Crippen LogP contribution < -0.4 is 16.8 Å². The van der Waals surface area contributed by atoms with Crippen LogP contribution in [-0.2, 0) is 23.3 Å². The van der Waals surface area contributed by atoms with E-state index in [1.165, 1.54) is 0 Å². The summed E-state index contributed by atoms with van der Waals surface area (Å²) in [5.41, 5.74) is 15.0. The Bertz CT molecular complexity index is 1450. The van der Waals surface area contributed by atoms with Crippen LogP contribution >= 0.6 is 11.6 Å². The molecule has 2 amide bonds. The van der Waals surface area contributed by atoms with Crippen molar-refractivity contribution in [2.75, 3.05) is 19.6 Å². The third kappa shape index (κ3) is 7.44. The molecule has 1 aliphatic heterocycles. The molecule has 9 heteroatoms. The first-order valence-electron chi connectivity index (χ1n) is 15.4. The minimum Gasteiger partial charge on any atom is -0.447 e. The number of hydrogen-bond acceptors (Lipinski definition) is 6. The van der Waals surface area contributed by atoms with Crippen LogP contribution in [-0.4, -0.2) is 53.3 Å². The molecule has 1 saturated heterocycles. The van der Waals surface area contributed by atoms with Crippen molar-refractivity contribution in [2.45, 2.75) is 76.7 Å². The molecular weight excluding hydrogens is 576 g/mol. The van der Waals surface area contributed by atoms with Gasteiger partial charge in [0.2, 0.25) is 0 Å². The number of aryl methyl sites for hydroxylation is 1. The lowest BCUT2D eigenvalue weighted by molar-refractivity contribution is -0.0742. The molecule has 0 bridgehead atoms. The molecule has 0 aromatic heterocycles. The summed E-state index contributed by atoms with van der Waals surface area (Å²) in [6.07, 6.45) is 1.83. The van der Waals surface area contributed by atoms with E-state index in [1.54, 1.807) is 30.9 Å². The van der Waals surface area contributed by atoms with Crippen LogP contribution in [0, 0.1) is 0 Å². The standard InChI is InChI=1S/C35H45ClN4O4/c1-4-25-9-5-10-28(21-25)31-29(11-6-12-30(31)36)35(43,18-7-19-39-33(42)44-24(2)3)34(38)17-8-20-40(23-34)32(41)27-15-13-26(22-37)14-16-27/h5-6,9-16,21,24,43H,4,7-8,17-20,22-23,37-38H2,1-3H3,(H,39,42). The van der Waals surface area contributed by atoms with Gasteiger partial charge in [0.15, 0.2) is 0 Å². The summed E-state index contributed by atoms with van der Waals surface area (Å²) >= 11 is 6.89. The summed E-state index contributed by atoms with van der Waals surface area (Å²) in [5.74, 6) is -0.148. The molecule has 44 heavy (non-hydrogen) atoms. The number of carbonyl (C=O) groups is 2. The minimum atomic E-state index is -1.60. The smallest absolute Gasteiger partial charge is 0.407 e. The van der Waals surface area contributed by atoms with Crippen molar-refractivity contribution < 1.29 is 19.4 Å². The zero-order valence-corrected chi connectivity index (χ0v) is 26.7. The number of benzene rings is 3. The number of amides is 2. The van der Waals surface area contributed by atoms with E-state index in [0.717, 1.165) is 23.1 Å². The maximum atomic E-state index is 13.7. The molecular formula is C35H45ClN4O4. The van der Waals surface area contributed by atoms with Gasteiger partial charge in [-0.1, -0.05) is 67.1 Å². The number of nitrogens with zero attached hydrogens (tertiary/aromatic N) is 1. The van der Waals surface area contributed by atoms with Crippen LogP contribution in [0.25, 0.3) is 11.1 Å². The number of rotatable bonds is 11. The molecule has 0 spiro atoms. The first kappa shape index (κ1) is 33.5. The zero-order chi connectivity index (χ0) is 31.9. The number of alkyl carbamates (subject to hydrolysis) is 1. The lowest BCUT2D eigenvalue weighted by atomic mass is 9.67. The number of nitrogens with two attached hydrogens (primary N) is 2. The Hall–Kier alpha value is -3.43. The SMILES string of the molecule is CCc1cccc(-c2c(Cl)cccc2C(O)(CCCNC(=O)OC(C)C)C2(N)CCCN(C(=O)c3ccc(CN)cc3)C2)c1. The van der Waals surface area contributed by atoms with Crippen molar-refractivity contribution in [2.24, 2.45) is 11.5 Å². The van der Waals surface area contributed by atoms with E-state index in [4.69, 9.17) is 27.8 Å². The van der Waals surface area contributed by atoms with E-state index < -0.39 is 17.2 Å². The normalized spacial score (nSPS) is 18.1. The van der Waals surface area contributed by atoms with Crippen molar-refractivity contribution in [3.8, 4) is 11.1 Å². The summed E-state index contributed by atoms with van der Waals surface area (Å²) in [6.45, 7) is 7.00. The molecule has 8 nitrogen and oxygen atoms in total.